The summed E-state index contributed by atoms with van der Waals surface area (Å²) < 4.78 is 0. The number of rotatable bonds is 5. The van der Waals surface area contributed by atoms with Crippen LogP contribution in [0.25, 0.3) is 0 Å². The molecular formula is C12H19NO. The maximum atomic E-state index is 9.69. The van der Waals surface area contributed by atoms with Gasteiger partial charge in [-0.15, -0.1) is 0 Å². The van der Waals surface area contributed by atoms with Gasteiger partial charge in [-0.2, -0.15) is 0 Å². The lowest BCUT2D eigenvalue weighted by atomic mass is 10.2. The topological polar surface area (TPSA) is 23.5 Å². The minimum absolute atomic E-state index is 0.384. The fourth-order valence-corrected chi connectivity index (χ4v) is 1.62. The fourth-order valence-electron chi connectivity index (χ4n) is 1.62. The Morgan fingerprint density at radius 1 is 1.07 bits per heavy atom. The molecule has 0 atom stereocenters. The summed E-state index contributed by atoms with van der Waals surface area (Å²) >= 11 is 0. The van der Waals surface area contributed by atoms with E-state index in [1.54, 1.807) is 6.07 Å². The van der Waals surface area contributed by atoms with E-state index in [9.17, 15) is 5.11 Å². The van der Waals surface area contributed by atoms with Crippen molar-refractivity contribution in [3.63, 3.8) is 0 Å². The van der Waals surface area contributed by atoms with Gasteiger partial charge >= 0.3 is 0 Å². The van der Waals surface area contributed by atoms with Crippen molar-refractivity contribution in [1.29, 1.82) is 0 Å². The van der Waals surface area contributed by atoms with Crippen molar-refractivity contribution >= 4 is 5.69 Å². The number of benzene rings is 1. The van der Waals surface area contributed by atoms with E-state index >= 15 is 0 Å². The summed E-state index contributed by atoms with van der Waals surface area (Å²) in [5.74, 6) is 0.384. The van der Waals surface area contributed by atoms with Gasteiger partial charge in [0.05, 0.1) is 5.69 Å². The molecule has 2 heteroatoms. The molecule has 0 saturated carbocycles. The highest BCUT2D eigenvalue weighted by molar-refractivity contribution is 5.57. The molecular weight excluding hydrogens is 174 g/mol. The Bertz CT molecular complexity index is 267. The Labute approximate surface area is 86.2 Å². The van der Waals surface area contributed by atoms with Crippen LogP contribution in [0, 0.1) is 0 Å². The molecule has 1 aromatic rings. The molecule has 1 N–H and O–H groups in total. The van der Waals surface area contributed by atoms with Crippen molar-refractivity contribution in [2.45, 2.75) is 26.7 Å². The smallest absolute Gasteiger partial charge is 0.138 e. The molecule has 2 nitrogen and oxygen atoms in total. The van der Waals surface area contributed by atoms with Crippen LogP contribution in [0.15, 0.2) is 24.3 Å². The van der Waals surface area contributed by atoms with Gasteiger partial charge in [0.1, 0.15) is 5.75 Å². The van der Waals surface area contributed by atoms with E-state index < -0.39 is 0 Å². The molecule has 0 aliphatic rings. The summed E-state index contributed by atoms with van der Waals surface area (Å²) in [6, 6.07) is 7.54. The molecule has 78 valence electrons. The number of phenols is 1. The second-order valence-electron chi connectivity index (χ2n) is 3.48. The van der Waals surface area contributed by atoms with Crippen molar-refractivity contribution in [3.8, 4) is 5.75 Å². The van der Waals surface area contributed by atoms with E-state index in [1.807, 2.05) is 18.2 Å². The number of anilines is 1. The van der Waals surface area contributed by atoms with Gasteiger partial charge in [0.2, 0.25) is 0 Å². The maximum absolute atomic E-state index is 9.69. The summed E-state index contributed by atoms with van der Waals surface area (Å²) in [5, 5.41) is 9.69. The lowest BCUT2D eigenvalue weighted by Crippen LogP contribution is -2.24. The fraction of sp³-hybridized carbons (Fsp3) is 0.500. The Balaban J connectivity index is 2.81. The second-order valence-corrected chi connectivity index (χ2v) is 3.48. The number of phenolic OH excluding ortho intramolecular Hbond substituents is 1. The van der Waals surface area contributed by atoms with Crippen LogP contribution in [0.3, 0.4) is 0 Å². The largest absolute Gasteiger partial charge is 0.506 e. The lowest BCUT2D eigenvalue weighted by Gasteiger charge is -2.24. The van der Waals surface area contributed by atoms with Crippen LogP contribution in [-0.4, -0.2) is 18.2 Å². The average molecular weight is 193 g/mol. The molecule has 0 aliphatic carbocycles. The van der Waals surface area contributed by atoms with Gasteiger partial charge in [-0.05, 0) is 25.0 Å². The monoisotopic (exact) mass is 193 g/mol. The predicted octanol–water partition coefficient (Wildman–Crippen LogP) is 3.02. The van der Waals surface area contributed by atoms with Crippen LogP contribution < -0.4 is 4.90 Å². The summed E-state index contributed by atoms with van der Waals surface area (Å²) in [6.45, 7) is 6.32. The normalized spacial score (nSPS) is 10.1. The molecule has 0 heterocycles. The van der Waals surface area contributed by atoms with E-state index in [-0.39, 0.29) is 0 Å². The molecule has 0 spiro atoms. The molecule has 0 unspecified atom stereocenters. The van der Waals surface area contributed by atoms with Crippen molar-refractivity contribution in [1.82, 2.24) is 0 Å². The van der Waals surface area contributed by atoms with Crippen molar-refractivity contribution in [3.05, 3.63) is 24.3 Å². The third-order valence-electron chi connectivity index (χ3n) is 2.21. The number of nitrogens with zero attached hydrogens (tertiary/aromatic N) is 1. The molecule has 0 radical (unpaired) electrons. The predicted molar refractivity (Wildman–Crippen MR) is 60.9 cm³/mol. The Kier molecular flexibility index (Phi) is 4.30. The molecule has 0 saturated heterocycles. The highest BCUT2D eigenvalue weighted by atomic mass is 16.3. The molecule has 0 fully saturated rings. The molecule has 0 amide bonds. The first-order valence-electron chi connectivity index (χ1n) is 5.32. The summed E-state index contributed by atoms with van der Waals surface area (Å²) in [7, 11) is 0. The van der Waals surface area contributed by atoms with Crippen molar-refractivity contribution in [2.75, 3.05) is 18.0 Å². The van der Waals surface area contributed by atoms with Crippen molar-refractivity contribution < 1.29 is 5.11 Å². The van der Waals surface area contributed by atoms with Crippen LogP contribution in [0.5, 0.6) is 5.75 Å². The quantitative estimate of drug-likeness (QED) is 0.777. The maximum Gasteiger partial charge on any atom is 0.138 e. The zero-order chi connectivity index (χ0) is 10.4. The first-order chi connectivity index (χ1) is 6.79. The minimum Gasteiger partial charge on any atom is -0.506 e. The summed E-state index contributed by atoms with van der Waals surface area (Å²) in [5.41, 5.74) is 0.955. The van der Waals surface area contributed by atoms with Crippen LogP contribution >= 0.6 is 0 Å². The van der Waals surface area contributed by atoms with Gasteiger partial charge in [-0.3, -0.25) is 0 Å². The Hall–Kier alpha value is -1.18. The van der Waals surface area contributed by atoms with Gasteiger partial charge in [0, 0.05) is 13.1 Å². The van der Waals surface area contributed by atoms with E-state index in [1.165, 1.54) is 0 Å². The first-order valence-corrected chi connectivity index (χ1v) is 5.32. The van der Waals surface area contributed by atoms with Gasteiger partial charge < -0.3 is 10.0 Å². The van der Waals surface area contributed by atoms with Crippen molar-refractivity contribution in [2.24, 2.45) is 0 Å². The van der Waals surface area contributed by atoms with Gasteiger partial charge in [0.15, 0.2) is 0 Å². The van der Waals surface area contributed by atoms with Crippen LogP contribution in [0.2, 0.25) is 0 Å². The zero-order valence-electron chi connectivity index (χ0n) is 9.03. The summed E-state index contributed by atoms with van der Waals surface area (Å²) in [6.07, 6.45) is 2.21. The molecule has 14 heavy (non-hydrogen) atoms. The van der Waals surface area contributed by atoms with E-state index in [0.717, 1.165) is 31.6 Å². The molecule has 0 bridgehead atoms. The Morgan fingerprint density at radius 3 is 2.14 bits per heavy atom. The van der Waals surface area contributed by atoms with Crippen LogP contribution in [-0.2, 0) is 0 Å². The van der Waals surface area contributed by atoms with Gasteiger partial charge in [-0.1, -0.05) is 26.0 Å². The number of para-hydroxylation sites is 2. The zero-order valence-corrected chi connectivity index (χ0v) is 9.03. The third-order valence-corrected chi connectivity index (χ3v) is 2.21. The van der Waals surface area contributed by atoms with Gasteiger partial charge in [-0.25, -0.2) is 0 Å². The molecule has 0 aromatic heterocycles. The molecule has 1 rings (SSSR count). The molecule has 0 aliphatic heterocycles. The second kappa shape index (κ2) is 5.53. The van der Waals surface area contributed by atoms with E-state index in [2.05, 4.69) is 18.7 Å². The number of hydrogen-bond donors (Lipinski definition) is 1. The van der Waals surface area contributed by atoms with E-state index in [4.69, 9.17) is 0 Å². The lowest BCUT2D eigenvalue weighted by molar-refractivity contribution is 0.473. The minimum atomic E-state index is 0.384. The SMILES string of the molecule is CCCN(CCC)c1ccccc1O. The van der Waals surface area contributed by atoms with E-state index in [0.29, 0.717) is 5.75 Å². The average Bonchev–Trinajstić information content (AvgIpc) is 2.18. The van der Waals surface area contributed by atoms with Gasteiger partial charge in [0.25, 0.3) is 0 Å². The number of hydrogen-bond acceptors (Lipinski definition) is 2. The number of aromatic hydroxyl groups is 1. The highest BCUT2D eigenvalue weighted by Crippen LogP contribution is 2.26. The third kappa shape index (κ3) is 2.66. The highest BCUT2D eigenvalue weighted by Gasteiger charge is 2.07. The van der Waals surface area contributed by atoms with Crippen LogP contribution in [0.4, 0.5) is 5.69 Å². The Morgan fingerprint density at radius 2 is 1.64 bits per heavy atom. The standard InChI is InChI=1S/C12H19NO/c1-3-9-13(10-4-2)11-7-5-6-8-12(11)14/h5-8,14H,3-4,9-10H2,1-2H3. The van der Waals surface area contributed by atoms with Crippen LogP contribution in [0.1, 0.15) is 26.7 Å². The molecule has 1 aromatic carbocycles. The first kappa shape index (κ1) is 10.9. The summed E-state index contributed by atoms with van der Waals surface area (Å²) in [4.78, 5) is 2.23.